The first-order valence-electron chi connectivity index (χ1n) is 10.6. The minimum absolute atomic E-state index is 0.226. The summed E-state index contributed by atoms with van der Waals surface area (Å²) in [5, 5.41) is 38.2. The molecule has 1 aromatic carbocycles. The third kappa shape index (κ3) is 8.07. The van der Waals surface area contributed by atoms with Crippen molar-refractivity contribution in [2.24, 2.45) is 5.73 Å². The van der Waals surface area contributed by atoms with Crippen molar-refractivity contribution in [2.75, 3.05) is 19.6 Å². The first kappa shape index (κ1) is 23.8. The average Bonchev–Trinajstić information content (AvgIpc) is 2.70. The van der Waals surface area contributed by atoms with Gasteiger partial charge in [-0.1, -0.05) is 43.2 Å². The molecule has 0 bridgehead atoms. The Labute approximate surface area is 173 Å². The number of likely N-dealkylation sites (tertiary alicyclic amines) is 1. The van der Waals surface area contributed by atoms with Crippen molar-refractivity contribution >= 4 is 13.1 Å². The number of nitrogens with two attached hydrogens (primary N) is 1. The Morgan fingerprint density at radius 1 is 1.14 bits per heavy atom. The van der Waals surface area contributed by atoms with Crippen LogP contribution in [0.15, 0.2) is 30.3 Å². The summed E-state index contributed by atoms with van der Waals surface area (Å²) in [6.45, 7) is 2.05. The van der Waals surface area contributed by atoms with E-state index >= 15 is 0 Å². The number of nitrogens with zero attached hydrogens (tertiary/aromatic N) is 1. The second-order valence-corrected chi connectivity index (χ2v) is 8.49. The lowest BCUT2D eigenvalue weighted by Gasteiger charge is -2.39. The molecular weight excluding hydrogens is 371 g/mol. The van der Waals surface area contributed by atoms with Gasteiger partial charge in [-0.15, -0.1) is 0 Å². The van der Waals surface area contributed by atoms with E-state index in [4.69, 9.17) is 15.8 Å². The molecule has 1 heterocycles. The lowest BCUT2D eigenvalue weighted by atomic mass is 9.81. The maximum absolute atomic E-state index is 11.7. The van der Waals surface area contributed by atoms with Gasteiger partial charge in [0.2, 0.25) is 0 Å². The van der Waals surface area contributed by atoms with Gasteiger partial charge in [0.1, 0.15) is 5.54 Å². The van der Waals surface area contributed by atoms with Gasteiger partial charge in [0.05, 0.1) is 5.60 Å². The monoisotopic (exact) mass is 406 g/mol. The fourth-order valence-electron chi connectivity index (χ4n) is 3.93. The highest BCUT2D eigenvalue weighted by Crippen LogP contribution is 2.28. The summed E-state index contributed by atoms with van der Waals surface area (Å²) in [6.07, 6.45) is 4.89. The Morgan fingerprint density at radius 2 is 1.79 bits per heavy atom. The highest BCUT2D eigenvalue weighted by atomic mass is 16.4. The van der Waals surface area contributed by atoms with Crippen LogP contribution in [0, 0.1) is 0 Å². The van der Waals surface area contributed by atoms with Crippen molar-refractivity contribution in [1.82, 2.24) is 4.90 Å². The molecule has 1 saturated heterocycles. The zero-order chi connectivity index (χ0) is 21.3. The van der Waals surface area contributed by atoms with Crippen LogP contribution in [0.25, 0.3) is 0 Å². The van der Waals surface area contributed by atoms with E-state index in [1.165, 1.54) is 5.56 Å². The predicted molar refractivity (Wildman–Crippen MR) is 113 cm³/mol. The minimum atomic E-state index is -1.36. The van der Waals surface area contributed by atoms with Gasteiger partial charge in [0.15, 0.2) is 0 Å². The van der Waals surface area contributed by atoms with Gasteiger partial charge in [-0.3, -0.25) is 4.79 Å². The summed E-state index contributed by atoms with van der Waals surface area (Å²) in [5.41, 5.74) is 5.40. The topological polar surface area (TPSA) is 127 Å². The Bertz CT molecular complexity index is 623. The predicted octanol–water partition coefficient (Wildman–Crippen LogP) is 1.26. The molecule has 0 spiro atoms. The molecule has 1 atom stereocenters. The Hall–Kier alpha value is -1.45. The Morgan fingerprint density at radius 3 is 2.38 bits per heavy atom. The molecule has 162 valence electrons. The van der Waals surface area contributed by atoms with Crippen LogP contribution >= 0.6 is 0 Å². The lowest BCUT2D eigenvalue weighted by Crippen LogP contribution is -2.52. The molecule has 0 saturated carbocycles. The van der Waals surface area contributed by atoms with Crippen LogP contribution in [0.5, 0.6) is 0 Å². The summed E-state index contributed by atoms with van der Waals surface area (Å²) in [7, 11) is -1.36. The quantitative estimate of drug-likeness (QED) is 0.261. The average molecular weight is 406 g/mol. The van der Waals surface area contributed by atoms with Crippen molar-refractivity contribution in [3.05, 3.63) is 35.9 Å². The van der Waals surface area contributed by atoms with Crippen LogP contribution in [-0.4, -0.2) is 69.0 Å². The van der Waals surface area contributed by atoms with Gasteiger partial charge in [-0.05, 0) is 50.4 Å². The first-order chi connectivity index (χ1) is 13.7. The second kappa shape index (κ2) is 11.1. The number of benzene rings is 1. The van der Waals surface area contributed by atoms with Crippen LogP contribution in [0.4, 0.5) is 0 Å². The number of carboxylic acids is 1. The maximum atomic E-state index is 11.7. The molecule has 0 amide bonds. The fraction of sp³-hybridized carbons (Fsp3) is 0.667. The number of rotatable bonds is 12. The van der Waals surface area contributed by atoms with Gasteiger partial charge in [0.25, 0.3) is 0 Å². The summed E-state index contributed by atoms with van der Waals surface area (Å²) in [5.74, 6) is -1.02. The van der Waals surface area contributed by atoms with E-state index in [0.717, 1.165) is 25.9 Å². The van der Waals surface area contributed by atoms with E-state index in [1.54, 1.807) is 0 Å². The van der Waals surface area contributed by atoms with Crippen LogP contribution in [0.3, 0.4) is 0 Å². The molecule has 0 aromatic heterocycles. The standard InChI is InChI=1S/C21H35BN2O5/c23-21(19(25)26,9-4-5-14-22(28)29)13-17-24-15-11-20(27,12-16-24)10-8-18-6-2-1-3-7-18/h1-3,6-7,27-29H,4-5,8-17,23H2,(H,25,26). The molecule has 29 heavy (non-hydrogen) atoms. The van der Waals surface area contributed by atoms with Gasteiger partial charge in [-0.25, -0.2) is 0 Å². The zero-order valence-electron chi connectivity index (χ0n) is 17.2. The summed E-state index contributed by atoms with van der Waals surface area (Å²) >= 11 is 0. The van der Waals surface area contributed by atoms with Crippen LogP contribution < -0.4 is 5.73 Å². The molecule has 8 heteroatoms. The molecule has 2 rings (SSSR count). The molecule has 0 aliphatic carbocycles. The number of carbonyl (C=O) groups is 1. The normalized spacial score (nSPS) is 18.9. The van der Waals surface area contributed by atoms with E-state index < -0.39 is 24.2 Å². The third-order valence-electron chi connectivity index (χ3n) is 6.14. The molecule has 1 aromatic rings. The molecular formula is C21H35BN2O5. The fourth-order valence-corrected chi connectivity index (χ4v) is 3.93. The Balaban J connectivity index is 1.74. The van der Waals surface area contributed by atoms with E-state index in [1.807, 2.05) is 18.2 Å². The van der Waals surface area contributed by atoms with E-state index in [-0.39, 0.29) is 6.32 Å². The van der Waals surface area contributed by atoms with Gasteiger partial charge >= 0.3 is 13.1 Å². The highest BCUT2D eigenvalue weighted by Gasteiger charge is 2.36. The molecule has 7 nitrogen and oxygen atoms in total. The van der Waals surface area contributed by atoms with Gasteiger partial charge in [0, 0.05) is 19.6 Å². The van der Waals surface area contributed by atoms with Crippen LogP contribution in [-0.2, 0) is 11.2 Å². The minimum Gasteiger partial charge on any atom is -0.480 e. The molecule has 1 aliphatic rings. The van der Waals surface area contributed by atoms with Gasteiger partial charge in [-0.2, -0.15) is 0 Å². The number of hydrogen-bond donors (Lipinski definition) is 5. The van der Waals surface area contributed by atoms with Crippen LogP contribution in [0.1, 0.15) is 50.5 Å². The number of hydrogen-bond acceptors (Lipinski definition) is 6. The number of carboxylic acid groups (broad SMARTS) is 1. The molecule has 0 radical (unpaired) electrons. The van der Waals surface area contributed by atoms with Crippen molar-refractivity contribution in [3.8, 4) is 0 Å². The largest absolute Gasteiger partial charge is 0.480 e. The van der Waals surface area contributed by atoms with Crippen molar-refractivity contribution in [3.63, 3.8) is 0 Å². The number of aliphatic carboxylic acids is 1. The van der Waals surface area contributed by atoms with Crippen molar-refractivity contribution in [2.45, 2.75) is 68.8 Å². The highest BCUT2D eigenvalue weighted by molar-refractivity contribution is 6.40. The second-order valence-electron chi connectivity index (χ2n) is 8.49. The summed E-state index contributed by atoms with van der Waals surface area (Å²) in [6, 6.07) is 10.2. The van der Waals surface area contributed by atoms with E-state index in [2.05, 4.69) is 17.0 Å². The third-order valence-corrected chi connectivity index (χ3v) is 6.14. The van der Waals surface area contributed by atoms with Gasteiger partial charge < -0.3 is 30.9 Å². The SMILES string of the molecule is NC(CCCCB(O)O)(CCN1CCC(O)(CCc2ccccc2)CC1)C(=O)O. The number of aryl methyl sites for hydroxylation is 1. The molecule has 1 aliphatic heterocycles. The number of unbranched alkanes of at least 4 members (excludes halogenated alkanes) is 1. The molecule has 6 N–H and O–H groups in total. The number of piperidine rings is 1. The summed E-state index contributed by atoms with van der Waals surface area (Å²) < 4.78 is 0. The Kier molecular flexibility index (Phi) is 9.11. The lowest BCUT2D eigenvalue weighted by molar-refractivity contribution is -0.144. The first-order valence-corrected chi connectivity index (χ1v) is 10.6. The maximum Gasteiger partial charge on any atom is 0.451 e. The van der Waals surface area contributed by atoms with E-state index in [0.29, 0.717) is 45.1 Å². The zero-order valence-corrected chi connectivity index (χ0v) is 17.2. The van der Waals surface area contributed by atoms with Crippen LogP contribution in [0.2, 0.25) is 6.32 Å². The van der Waals surface area contributed by atoms with Crippen molar-refractivity contribution in [1.29, 1.82) is 0 Å². The van der Waals surface area contributed by atoms with E-state index in [9.17, 15) is 15.0 Å². The van der Waals surface area contributed by atoms with Crippen molar-refractivity contribution < 1.29 is 25.1 Å². The summed E-state index contributed by atoms with van der Waals surface area (Å²) in [4.78, 5) is 13.8. The molecule has 1 unspecified atom stereocenters. The number of aliphatic hydroxyl groups is 1. The molecule has 1 fully saturated rings. The smallest absolute Gasteiger partial charge is 0.451 e.